The first-order chi connectivity index (χ1) is 8.13. The number of pyridine rings is 1. The number of benzene rings is 1. The lowest BCUT2D eigenvalue weighted by Gasteiger charge is -2.10. The van der Waals surface area contributed by atoms with E-state index in [9.17, 15) is 4.79 Å². The van der Waals surface area contributed by atoms with Crippen LogP contribution in [0.15, 0.2) is 30.5 Å². The minimum atomic E-state index is -0.904. The molecule has 2 rings (SSSR count). The van der Waals surface area contributed by atoms with Crippen molar-refractivity contribution in [2.75, 3.05) is 0 Å². The van der Waals surface area contributed by atoms with Gasteiger partial charge in [-0.15, -0.1) is 0 Å². The summed E-state index contributed by atoms with van der Waals surface area (Å²) in [6.45, 7) is 4.26. The Morgan fingerprint density at radius 2 is 2.18 bits per heavy atom. The molecule has 0 aliphatic heterocycles. The fourth-order valence-electron chi connectivity index (χ4n) is 1.89. The second-order valence-electron chi connectivity index (χ2n) is 4.25. The van der Waals surface area contributed by atoms with E-state index in [2.05, 4.69) is 18.8 Å². The van der Waals surface area contributed by atoms with Crippen LogP contribution in [0.5, 0.6) is 0 Å². The molecule has 0 saturated carbocycles. The third kappa shape index (κ3) is 2.13. The first kappa shape index (κ1) is 11.6. The van der Waals surface area contributed by atoms with E-state index in [-0.39, 0.29) is 0 Å². The lowest BCUT2D eigenvalue weighted by atomic mass is 9.96. The van der Waals surface area contributed by atoms with Gasteiger partial charge < -0.3 is 5.11 Å². The van der Waals surface area contributed by atoms with Crippen LogP contribution < -0.4 is 0 Å². The zero-order chi connectivity index (χ0) is 12.4. The number of aromatic carboxylic acids is 1. The maximum Gasteiger partial charge on any atom is 0.336 e. The number of aromatic nitrogens is 1. The lowest BCUT2D eigenvalue weighted by molar-refractivity contribution is 0.0699. The number of carboxylic acids is 1. The summed E-state index contributed by atoms with van der Waals surface area (Å²) in [5.41, 5.74) is 2.22. The molecule has 1 aromatic carbocycles. The average molecular weight is 229 g/mol. The van der Waals surface area contributed by atoms with E-state index in [4.69, 9.17) is 5.11 Å². The Labute approximate surface area is 100 Å². The van der Waals surface area contributed by atoms with Gasteiger partial charge in [-0.2, -0.15) is 0 Å². The average Bonchev–Trinajstić information content (AvgIpc) is 2.36. The lowest BCUT2D eigenvalue weighted by Crippen LogP contribution is -1.99. The number of fused-ring (bicyclic) bond motifs is 1. The molecule has 0 bridgehead atoms. The second-order valence-corrected chi connectivity index (χ2v) is 4.25. The quantitative estimate of drug-likeness (QED) is 0.877. The van der Waals surface area contributed by atoms with Crippen LogP contribution in [0.2, 0.25) is 0 Å². The van der Waals surface area contributed by atoms with E-state index in [1.54, 1.807) is 6.07 Å². The molecule has 0 saturated heterocycles. The van der Waals surface area contributed by atoms with Crippen molar-refractivity contribution in [3.63, 3.8) is 0 Å². The molecule has 0 aliphatic carbocycles. The van der Waals surface area contributed by atoms with Crippen molar-refractivity contribution in [3.8, 4) is 0 Å². The van der Waals surface area contributed by atoms with Crippen LogP contribution in [-0.2, 0) is 0 Å². The largest absolute Gasteiger partial charge is 0.478 e. The Kier molecular flexibility index (Phi) is 3.09. The molecule has 88 valence electrons. The van der Waals surface area contributed by atoms with Gasteiger partial charge in [-0.05, 0) is 36.1 Å². The standard InChI is InChI=1S/C14H15NO2/c1-3-9(2)10-4-5-13-12(8-10)11(14(16)17)6-7-15-13/h4-9H,3H2,1-2H3,(H,16,17). The first-order valence-corrected chi connectivity index (χ1v) is 5.75. The Bertz CT molecular complexity index is 563. The van der Waals surface area contributed by atoms with Crippen LogP contribution in [0.25, 0.3) is 10.9 Å². The molecule has 0 fully saturated rings. The molecule has 17 heavy (non-hydrogen) atoms. The normalized spacial score (nSPS) is 12.6. The van der Waals surface area contributed by atoms with Gasteiger partial charge >= 0.3 is 5.97 Å². The Hall–Kier alpha value is -1.90. The SMILES string of the molecule is CCC(C)c1ccc2nccc(C(=O)O)c2c1. The Morgan fingerprint density at radius 1 is 1.41 bits per heavy atom. The van der Waals surface area contributed by atoms with E-state index >= 15 is 0 Å². The molecular weight excluding hydrogens is 214 g/mol. The minimum absolute atomic E-state index is 0.320. The number of carbonyl (C=O) groups is 1. The summed E-state index contributed by atoms with van der Waals surface area (Å²) in [6, 6.07) is 7.41. The third-order valence-electron chi connectivity index (χ3n) is 3.18. The molecule has 3 nitrogen and oxygen atoms in total. The number of hydrogen-bond acceptors (Lipinski definition) is 2. The van der Waals surface area contributed by atoms with Crippen molar-refractivity contribution < 1.29 is 9.90 Å². The molecular formula is C14H15NO2. The van der Waals surface area contributed by atoms with Crippen LogP contribution in [-0.4, -0.2) is 16.1 Å². The number of hydrogen-bond donors (Lipinski definition) is 1. The van der Waals surface area contributed by atoms with Crippen LogP contribution in [0.3, 0.4) is 0 Å². The van der Waals surface area contributed by atoms with Gasteiger partial charge in [0.2, 0.25) is 0 Å². The predicted molar refractivity (Wildman–Crippen MR) is 67.4 cm³/mol. The van der Waals surface area contributed by atoms with Gasteiger partial charge in [0.1, 0.15) is 0 Å². The number of nitrogens with zero attached hydrogens (tertiary/aromatic N) is 1. The van der Waals surface area contributed by atoms with Crippen molar-refractivity contribution in [1.29, 1.82) is 0 Å². The molecule has 0 aliphatic rings. The molecule has 0 spiro atoms. The molecule has 0 amide bonds. The molecule has 1 aromatic heterocycles. The zero-order valence-corrected chi connectivity index (χ0v) is 9.97. The summed E-state index contributed by atoms with van der Waals surface area (Å²) in [6.07, 6.45) is 2.57. The maximum absolute atomic E-state index is 11.1. The summed E-state index contributed by atoms with van der Waals surface area (Å²) in [5.74, 6) is -0.472. The minimum Gasteiger partial charge on any atom is -0.478 e. The first-order valence-electron chi connectivity index (χ1n) is 5.75. The molecule has 1 heterocycles. The van der Waals surface area contributed by atoms with Gasteiger partial charge in [-0.3, -0.25) is 4.98 Å². The Morgan fingerprint density at radius 3 is 2.82 bits per heavy atom. The van der Waals surface area contributed by atoms with Gasteiger partial charge in [-0.1, -0.05) is 19.9 Å². The van der Waals surface area contributed by atoms with E-state index < -0.39 is 5.97 Å². The third-order valence-corrected chi connectivity index (χ3v) is 3.18. The van der Waals surface area contributed by atoms with E-state index in [1.165, 1.54) is 6.20 Å². The summed E-state index contributed by atoms with van der Waals surface area (Å²) in [4.78, 5) is 15.3. The van der Waals surface area contributed by atoms with Gasteiger partial charge in [0, 0.05) is 11.6 Å². The van der Waals surface area contributed by atoms with Crippen molar-refractivity contribution in [2.45, 2.75) is 26.2 Å². The smallest absolute Gasteiger partial charge is 0.336 e. The van der Waals surface area contributed by atoms with E-state index in [0.29, 0.717) is 11.5 Å². The van der Waals surface area contributed by atoms with Gasteiger partial charge in [-0.25, -0.2) is 4.79 Å². The van der Waals surface area contributed by atoms with Crippen LogP contribution in [0.1, 0.15) is 42.1 Å². The molecule has 2 aromatic rings. The summed E-state index contributed by atoms with van der Waals surface area (Å²) >= 11 is 0. The van der Waals surface area contributed by atoms with Gasteiger partial charge in [0.25, 0.3) is 0 Å². The fourth-order valence-corrected chi connectivity index (χ4v) is 1.89. The molecule has 1 atom stereocenters. The number of rotatable bonds is 3. The Balaban J connectivity index is 2.65. The highest BCUT2D eigenvalue weighted by Gasteiger charge is 2.11. The van der Waals surface area contributed by atoms with Gasteiger partial charge in [0.15, 0.2) is 0 Å². The summed E-state index contributed by atoms with van der Waals surface area (Å²) in [7, 11) is 0. The topological polar surface area (TPSA) is 50.2 Å². The highest BCUT2D eigenvalue weighted by atomic mass is 16.4. The molecule has 0 radical (unpaired) electrons. The van der Waals surface area contributed by atoms with Crippen LogP contribution in [0.4, 0.5) is 0 Å². The van der Waals surface area contributed by atoms with E-state index in [0.717, 1.165) is 22.9 Å². The van der Waals surface area contributed by atoms with Crippen molar-refractivity contribution in [3.05, 3.63) is 41.6 Å². The second kappa shape index (κ2) is 4.53. The van der Waals surface area contributed by atoms with Gasteiger partial charge in [0.05, 0.1) is 11.1 Å². The van der Waals surface area contributed by atoms with Crippen LogP contribution in [0, 0.1) is 0 Å². The van der Waals surface area contributed by atoms with Crippen molar-refractivity contribution in [1.82, 2.24) is 4.98 Å². The zero-order valence-electron chi connectivity index (χ0n) is 9.97. The molecule has 1 N–H and O–H groups in total. The summed E-state index contributed by atoms with van der Waals surface area (Å²) < 4.78 is 0. The monoisotopic (exact) mass is 229 g/mol. The predicted octanol–water partition coefficient (Wildman–Crippen LogP) is 3.45. The van der Waals surface area contributed by atoms with Crippen molar-refractivity contribution in [2.24, 2.45) is 0 Å². The highest BCUT2D eigenvalue weighted by molar-refractivity contribution is 6.02. The molecule has 1 unspecified atom stereocenters. The van der Waals surface area contributed by atoms with Crippen LogP contribution >= 0.6 is 0 Å². The highest BCUT2D eigenvalue weighted by Crippen LogP contribution is 2.24. The summed E-state index contributed by atoms with van der Waals surface area (Å²) in [5, 5.41) is 9.86. The molecule has 3 heteroatoms. The van der Waals surface area contributed by atoms with Crippen molar-refractivity contribution >= 4 is 16.9 Å². The fraction of sp³-hybridized carbons (Fsp3) is 0.286. The maximum atomic E-state index is 11.1. The van der Waals surface area contributed by atoms with E-state index in [1.807, 2.05) is 18.2 Å². The number of carboxylic acid groups (broad SMARTS) is 1.